The Balaban J connectivity index is 2.36. The highest BCUT2D eigenvalue weighted by Crippen LogP contribution is 2.34. The lowest BCUT2D eigenvalue weighted by atomic mass is 10.1. The van der Waals surface area contributed by atoms with Crippen molar-refractivity contribution in [1.82, 2.24) is 10.2 Å². The molecule has 9 heteroatoms. The molecular weight excluding hydrogens is 431 g/mol. The van der Waals surface area contributed by atoms with Crippen LogP contribution in [0.5, 0.6) is 11.5 Å². The molecule has 1 aliphatic rings. The Morgan fingerprint density at radius 3 is 2.71 bits per heavy atom. The number of halogens is 1. The maximum atomic E-state index is 12.1. The molecule has 8 nitrogen and oxygen atoms in total. The molecular formula is C15H15IN2O6. The Kier molecular flexibility index (Phi) is 5.65. The van der Waals surface area contributed by atoms with E-state index in [1.165, 1.54) is 13.2 Å². The van der Waals surface area contributed by atoms with Crippen LogP contribution in [0.15, 0.2) is 17.8 Å². The summed E-state index contributed by atoms with van der Waals surface area (Å²) >= 11 is 2.07. The summed E-state index contributed by atoms with van der Waals surface area (Å²) in [6.07, 6.45) is 1.46. The second-order valence-corrected chi connectivity index (χ2v) is 5.90. The van der Waals surface area contributed by atoms with E-state index in [1.54, 1.807) is 12.1 Å². The van der Waals surface area contributed by atoms with Crippen molar-refractivity contribution in [3.05, 3.63) is 27.0 Å². The zero-order chi connectivity index (χ0) is 17.9. The standard InChI is InChI=1S/C15H15IN2O6/c1-3-24-11-6-8(4-9(16)13(11)23-2)5-10-14(21)18(7-12(19)20)15(22)17-10/h4-6H,3,7H2,1-2H3,(H,17,22)(H,19,20)/b10-5+. The quantitative estimate of drug-likeness (QED) is 0.392. The average Bonchev–Trinajstić information content (AvgIpc) is 2.75. The first kappa shape index (κ1) is 18.0. The van der Waals surface area contributed by atoms with Crippen LogP contribution in [0.25, 0.3) is 6.08 Å². The van der Waals surface area contributed by atoms with Crippen LogP contribution in [0, 0.1) is 3.57 Å². The molecule has 3 amide bonds. The third-order valence-electron chi connectivity index (χ3n) is 3.10. The monoisotopic (exact) mass is 446 g/mol. The van der Waals surface area contributed by atoms with Gasteiger partial charge in [-0.05, 0) is 53.3 Å². The van der Waals surface area contributed by atoms with Crippen molar-refractivity contribution in [2.45, 2.75) is 6.92 Å². The minimum atomic E-state index is -1.27. The molecule has 1 aliphatic heterocycles. The van der Waals surface area contributed by atoms with E-state index in [0.29, 0.717) is 28.6 Å². The number of aliphatic carboxylic acids is 1. The predicted octanol–water partition coefficient (Wildman–Crippen LogP) is 1.68. The molecule has 1 heterocycles. The van der Waals surface area contributed by atoms with Crippen molar-refractivity contribution in [2.24, 2.45) is 0 Å². The molecule has 0 aromatic heterocycles. The molecule has 1 saturated heterocycles. The molecule has 1 aromatic rings. The highest BCUT2D eigenvalue weighted by molar-refractivity contribution is 14.1. The number of urea groups is 1. The number of nitrogens with one attached hydrogen (secondary N) is 1. The normalized spacial score (nSPS) is 15.6. The number of ether oxygens (including phenoxy) is 2. The number of carboxylic acid groups (broad SMARTS) is 1. The topological polar surface area (TPSA) is 105 Å². The number of nitrogens with zero attached hydrogens (tertiary/aromatic N) is 1. The molecule has 24 heavy (non-hydrogen) atoms. The minimum Gasteiger partial charge on any atom is -0.492 e. The number of amides is 3. The maximum Gasteiger partial charge on any atom is 0.329 e. The lowest BCUT2D eigenvalue weighted by molar-refractivity contribution is -0.140. The van der Waals surface area contributed by atoms with Gasteiger partial charge in [0.15, 0.2) is 11.5 Å². The fraction of sp³-hybridized carbons (Fsp3) is 0.267. The molecule has 2 rings (SSSR count). The van der Waals surface area contributed by atoms with Gasteiger partial charge in [-0.1, -0.05) is 0 Å². The molecule has 1 aromatic carbocycles. The number of carbonyl (C=O) groups is 3. The zero-order valence-electron chi connectivity index (χ0n) is 13.0. The van der Waals surface area contributed by atoms with Crippen molar-refractivity contribution >= 4 is 46.6 Å². The van der Waals surface area contributed by atoms with Crippen LogP contribution in [0.1, 0.15) is 12.5 Å². The summed E-state index contributed by atoms with van der Waals surface area (Å²) in [4.78, 5) is 35.2. The first-order valence-corrected chi connectivity index (χ1v) is 8.02. The fourth-order valence-electron chi connectivity index (χ4n) is 2.15. The van der Waals surface area contributed by atoms with Gasteiger partial charge in [-0.15, -0.1) is 0 Å². The van der Waals surface area contributed by atoms with E-state index in [4.69, 9.17) is 14.6 Å². The summed E-state index contributed by atoms with van der Waals surface area (Å²) in [5, 5.41) is 11.1. The van der Waals surface area contributed by atoms with Crippen LogP contribution in [0.4, 0.5) is 4.79 Å². The van der Waals surface area contributed by atoms with E-state index in [0.717, 1.165) is 3.57 Å². The van der Waals surface area contributed by atoms with Gasteiger partial charge in [0.1, 0.15) is 12.2 Å². The predicted molar refractivity (Wildman–Crippen MR) is 92.7 cm³/mol. The molecule has 128 valence electrons. The summed E-state index contributed by atoms with van der Waals surface area (Å²) in [5.74, 6) is -0.865. The highest BCUT2D eigenvalue weighted by atomic mass is 127. The van der Waals surface area contributed by atoms with Gasteiger partial charge in [-0.25, -0.2) is 9.69 Å². The Hall–Kier alpha value is -2.30. The van der Waals surface area contributed by atoms with Crippen molar-refractivity contribution in [3.8, 4) is 11.5 Å². The number of carboxylic acids is 1. The number of methoxy groups -OCH3 is 1. The Bertz CT molecular complexity index is 731. The number of rotatable bonds is 6. The second-order valence-electron chi connectivity index (χ2n) is 4.74. The second kappa shape index (κ2) is 7.51. The van der Waals surface area contributed by atoms with Gasteiger partial charge in [-0.2, -0.15) is 0 Å². The minimum absolute atomic E-state index is 0.00432. The van der Waals surface area contributed by atoms with Crippen molar-refractivity contribution in [1.29, 1.82) is 0 Å². The van der Waals surface area contributed by atoms with Crippen molar-refractivity contribution in [2.75, 3.05) is 20.3 Å². The molecule has 0 unspecified atom stereocenters. The third-order valence-corrected chi connectivity index (χ3v) is 3.90. The number of hydrogen-bond acceptors (Lipinski definition) is 5. The van der Waals surface area contributed by atoms with Gasteiger partial charge < -0.3 is 19.9 Å². The van der Waals surface area contributed by atoms with Gasteiger partial charge >= 0.3 is 12.0 Å². The molecule has 0 bridgehead atoms. The summed E-state index contributed by atoms with van der Waals surface area (Å²) in [5.41, 5.74) is 0.620. The fourth-order valence-corrected chi connectivity index (χ4v) is 3.00. The molecule has 0 spiro atoms. The smallest absolute Gasteiger partial charge is 0.329 e. The highest BCUT2D eigenvalue weighted by Gasteiger charge is 2.34. The van der Waals surface area contributed by atoms with E-state index in [1.807, 2.05) is 6.92 Å². The molecule has 0 aliphatic carbocycles. The van der Waals surface area contributed by atoms with E-state index >= 15 is 0 Å². The Morgan fingerprint density at radius 1 is 1.42 bits per heavy atom. The van der Waals surface area contributed by atoms with Crippen molar-refractivity contribution in [3.63, 3.8) is 0 Å². The lowest BCUT2D eigenvalue weighted by Gasteiger charge is -2.12. The summed E-state index contributed by atoms with van der Waals surface area (Å²) < 4.78 is 11.6. The number of benzene rings is 1. The summed E-state index contributed by atoms with van der Waals surface area (Å²) in [6, 6.07) is 2.67. The molecule has 1 fully saturated rings. The molecule has 0 saturated carbocycles. The molecule has 0 atom stereocenters. The van der Waals surface area contributed by atoms with Gasteiger partial charge in [0, 0.05) is 0 Å². The summed E-state index contributed by atoms with van der Waals surface area (Å²) in [6.45, 7) is 1.59. The Labute approximate surface area is 151 Å². The van der Waals surface area contributed by atoms with Crippen molar-refractivity contribution < 1.29 is 29.0 Å². The van der Waals surface area contributed by atoms with Crippen LogP contribution in [-0.4, -0.2) is 48.2 Å². The number of imide groups is 1. The largest absolute Gasteiger partial charge is 0.492 e. The first-order chi connectivity index (χ1) is 11.4. The lowest BCUT2D eigenvalue weighted by Crippen LogP contribution is -2.35. The van der Waals surface area contributed by atoms with Crippen LogP contribution in [0.2, 0.25) is 0 Å². The van der Waals surface area contributed by atoms with Gasteiger partial charge in [0.05, 0.1) is 17.3 Å². The average molecular weight is 446 g/mol. The van der Waals surface area contributed by atoms with Crippen LogP contribution in [0.3, 0.4) is 0 Å². The third kappa shape index (κ3) is 3.78. The number of carbonyl (C=O) groups excluding carboxylic acids is 2. The van der Waals surface area contributed by atoms with Crippen LogP contribution >= 0.6 is 22.6 Å². The van der Waals surface area contributed by atoms with Gasteiger partial charge in [0.2, 0.25) is 0 Å². The van der Waals surface area contributed by atoms with E-state index in [2.05, 4.69) is 27.9 Å². The van der Waals surface area contributed by atoms with Crippen LogP contribution in [-0.2, 0) is 9.59 Å². The maximum absolute atomic E-state index is 12.1. The first-order valence-electron chi connectivity index (χ1n) is 6.94. The van der Waals surface area contributed by atoms with Crippen LogP contribution < -0.4 is 14.8 Å². The van der Waals surface area contributed by atoms with E-state index in [9.17, 15) is 14.4 Å². The Morgan fingerprint density at radius 2 is 2.12 bits per heavy atom. The zero-order valence-corrected chi connectivity index (χ0v) is 15.1. The van der Waals surface area contributed by atoms with E-state index < -0.39 is 24.5 Å². The SMILES string of the molecule is CCOc1cc(/C=C2/NC(=O)N(CC(=O)O)C2=O)cc(I)c1OC. The summed E-state index contributed by atoms with van der Waals surface area (Å²) in [7, 11) is 1.53. The van der Waals surface area contributed by atoms with Gasteiger partial charge in [0.25, 0.3) is 5.91 Å². The van der Waals surface area contributed by atoms with E-state index in [-0.39, 0.29) is 5.70 Å². The number of hydrogen-bond donors (Lipinski definition) is 2. The molecule has 0 radical (unpaired) electrons. The molecule has 2 N–H and O–H groups in total. The van der Waals surface area contributed by atoms with Gasteiger partial charge in [-0.3, -0.25) is 9.59 Å².